The summed E-state index contributed by atoms with van der Waals surface area (Å²) in [5, 5.41) is 12.2. The van der Waals surface area contributed by atoms with Crippen LogP contribution in [-0.4, -0.2) is 40.1 Å². The van der Waals surface area contributed by atoms with Crippen molar-refractivity contribution in [2.45, 2.75) is 32.7 Å². The lowest BCUT2D eigenvalue weighted by atomic mass is 9.84. The van der Waals surface area contributed by atoms with Crippen molar-refractivity contribution in [2.75, 3.05) is 13.1 Å². The molecule has 2 atom stereocenters. The minimum absolute atomic E-state index is 0.208. The smallest absolute Gasteiger partial charge is 0.317 e. The summed E-state index contributed by atoms with van der Waals surface area (Å²) in [5.74, 6) is -0.821. The van der Waals surface area contributed by atoms with Gasteiger partial charge in [-0.05, 0) is 31.9 Å². The van der Waals surface area contributed by atoms with Gasteiger partial charge in [0.1, 0.15) is 0 Å². The third-order valence-electron chi connectivity index (χ3n) is 4.24. The van der Waals surface area contributed by atoms with E-state index in [-0.39, 0.29) is 18.6 Å². The van der Waals surface area contributed by atoms with Gasteiger partial charge in [-0.1, -0.05) is 13.0 Å². The van der Waals surface area contributed by atoms with Gasteiger partial charge >= 0.3 is 12.0 Å². The van der Waals surface area contributed by atoms with Gasteiger partial charge < -0.3 is 15.3 Å². The lowest BCUT2D eigenvalue weighted by Crippen LogP contribution is -2.42. The van der Waals surface area contributed by atoms with Crippen molar-refractivity contribution in [1.29, 1.82) is 0 Å². The number of carboxylic acid groups (broad SMARTS) is 1. The molecule has 6 nitrogen and oxygen atoms in total. The quantitative estimate of drug-likeness (QED) is 0.889. The fourth-order valence-electron chi connectivity index (χ4n) is 2.64. The van der Waals surface area contributed by atoms with Crippen LogP contribution in [0.1, 0.15) is 38.4 Å². The second kappa shape index (κ2) is 6.11. The normalized spacial score (nSPS) is 22.9. The molecule has 21 heavy (non-hydrogen) atoms. The number of carboxylic acids is 1. The number of nitrogens with one attached hydrogen (secondary N) is 1. The number of carbonyl (C=O) groups excluding carboxylic acids is 1. The first kappa shape index (κ1) is 15.3. The Morgan fingerprint density at radius 1 is 1.52 bits per heavy atom. The first-order valence-electron chi connectivity index (χ1n) is 7.18. The van der Waals surface area contributed by atoms with Crippen LogP contribution in [0.2, 0.25) is 0 Å². The number of hydrogen-bond acceptors (Lipinski definition) is 3. The van der Waals surface area contributed by atoms with Crippen LogP contribution in [0.5, 0.6) is 0 Å². The summed E-state index contributed by atoms with van der Waals surface area (Å²) in [6.07, 6.45) is 2.71. The SMILES string of the molecule is CCC1(C(=O)O)CCN(C(=O)NC(C)c2ccccn2)C1. The van der Waals surface area contributed by atoms with Gasteiger partial charge in [-0.25, -0.2) is 4.79 Å². The molecule has 2 amide bonds. The Balaban J connectivity index is 1.98. The van der Waals surface area contributed by atoms with Gasteiger partial charge in [0.15, 0.2) is 0 Å². The molecule has 0 aliphatic carbocycles. The molecule has 1 aromatic rings. The fraction of sp³-hybridized carbons (Fsp3) is 0.533. The summed E-state index contributed by atoms with van der Waals surface area (Å²) in [7, 11) is 0. The molecular weight excluding hydrogens is 270 g/mol. The van der Waals surface area contributed by atoms with Crippen LogP contribution >= 0.6 is 0 Å². The minimum atomic E-state index is -0.821. The van der Waals surface area contributed by atoms with E-state index in [9.17, 15) is 14.7 Å². The number of urea groups is 1. The Kier molecular flexibility index (Phi) is 4.45. The van der Waals surface area contributed by atoms with Crippen molar-refractivity contribution in [3.63, 3.8) is 0 Å². The van der Waals surface area contributed by atoms with Crippen LogP contribution in [0.4, 0.5) is 4.79 Å². The average Bonchev–Trinajstić information content (AvgIpc) is 2.94. The topological polar surface area (TPSA) is 82.5 Å². The standard InChI is InChI=1S/C15H21N3O3/c1-3-15(13(19)20)7-9-18(10-15)14(21)17-11(2)12-6-4-5-8-16-12/h4-6,8,11H,3,7,9-10H2,1-2H3,(H,17,21)(H,19,20). The molecule has 0 saturated carbocycles. The largest absolute Gasteiger partial charge is 0.481 e. The molecule has 0 bridgehead atoms. The first-order chi connectivity index (χ1) is 9.98. The number of rotatable bonds is 4. The molecule has 6 heteroatoms. The van der Waals surface area contributed by atoms with Crippen LogP contribution < -0.4 is 5.32 Å². The molecule has 0 spiro atoms. The fourth-order valence-corrected chi connectivity index (χ4v) is 2.64. The summed E-state index contributed by atoms with van der Waals surface area (Å²) in [6, 6.07) is 5.10. The maximum Gasteiger partial charge on any atom is 0.317 e. The zero-order valence-electron chi connectivity index (χ0n) is 12.4. The molecule has 2 N–H and O–H groups in total. The molecule has 2 rings (SSSR count). The second-order valence-corrected chi connectivity index (χ2v) is 5.54. The minimum Gasteiger partial charge on any atom is -0.481 e. The van der Waals surface area contributed by atoms with Gasteiger partial charge in [0.05, 0.1) is 17.2 Å². The van der Waals surface area contributed by atoms with E-state index < -0.39 is 11.4 Å². The average molecular weight is 291 g/mol. The maximum absolute atomic E-state index is 12.2. The molecule has 2 unspecified atom stereocenters. The summed E-state index contributed by atoms with van der Waals surface area (Å²) in [6.45, 7) is 4.45. The molecular formula is C15H21N3O3. The number of amides is 2. The maximum atomic E-state index is 12.2. The van der Waals surface area contributed by atoms with E-state index in [0.29, 0.717) is 19.4 Å². The van der Waals surface area contributed by atoms with E-state index in [1.807, 2.05) is 32.0 Å². The highest BCUT2D eigenvalue weighted by Crippen LogP contribution is 2.34. The van der Waals surface area contributed by atoms with Crippen LogP contribution in [0.15, 0.2) is 24.4 Å². The molecule has 1 aromatic heterocycles. The Hall–Kier alpha value is -2.11. The molecule has 2 heterocycles. The third kappa shape index (κ3) is 3.15. The van der Waals surface area contributed by atoms with Gasteiger partial charge in [-0.3, -0.25) is 9.78 Å². The molecule has 0 aromatic carbocycles. The Morgan fingerprint density at radius 3 is 2.81 bits per heavy atom. The van der Waals surface area contributed by atoms with Crippen molar-refractivity contribution in [3.05, 3.63) is 30.1 Å². The highest BCUT2D eigenvalue weighted by Gasteiger charge is 2.44. The summed E-state index contributed by atoms with van der Waals surface area (Å²) >= 11 is 0. The number of nitrogens with zero attached hydrogens (tertiary/aromatic N) is 2. The van der Waals surface area contributed by atoms with E-state index in [4.69, 9.17) is 0 Å². The molecule has 1 aliphatic rings. The number of pyridine rings is 1. The van der Waals surface area contributed by atoms with Crippen LogP contribution in [0, 0.1) is 5.41 Å². The number of hydrogen-bond donors (Lipinski definition) is 2. The van der Waals surface area contributed by atoms with Gasteiger partial charge in [0.25, 0.3) is 0 Å². The Bertz CT molecular complexity index is 520. The lowest BCUT2D eigenvalue weighted by Gasteiger charge is -2.24. The zero-order valence-corrected chi connectivity index (χ0v) is 12.4. The van der Waals surface area contributed by atoms with Crippen molar-refractivity contribution < 1.29 is 14.7 Å². The monoisotopic (exact) mass is 291 g/mol. The molecule has 1 aliphatic heterocycles. The lowest BCUT2D eigenvalue weighted by molar-refractivity contribution is -0.148. The van der Waals surface area contributed by atoms with Crippen LogP contribution in [-0.2, 0) is 4.79 Å². The summed E-state index contributed by atoms with van der Waals surface area (Å²) in [4.78, 5) is 29.4. The van der Waals surface area contributed by atoms with E-state index >= 15 is 0 Å². The van der Waals surface area contributed by atoms with Gasteiger partial charge in [-0.15, -0.1) is 0 Å². The molecule has 1 fully saturated rings. The predicted octanol–water partition coefficient (Wildman–Crippen LogP) is 2.04. The number of aromatic nitrogens is 1. The number of carbonyl (C=O) groups is 2. The van der Waals surface area contributed by atoms with Gasteiger partial charge in [0, 0.05) is 19.3 Å². The predicted molar refractivity (Wildman–Crippen MR) is 77.7 cm³/mol. The zero-order chi connectivity index (χ0) is 15.5. The van der Waals surface area contributed by atoms with E-state index in [1.165, 1.54) is 0 Å². The molecule has 114 valence electrons. The van der Waals surface area contributed by atoms with Crippen molar-refractivity contribution in [1.82, 2.24) is 15.2 Å². The van der Waals surface area contributed by atoms with E-state index in [1.54, 1.807) is 11.1 Å². The Morgan fingerprint density at radius 2 is 2.29 bits per heavy atom. The van der Waals surface area contributed by atoms with E-state index in [2.05, 4.69) is 10.3 Å². The van der Waals surface area contributed by atoms with E-state index in [0.717, 1.165) is 5.69 Å². The first-order valence-corrected chi connectivity index (χ1v) is 7.18. The van der Waals surface area contributed by atoms with Crippen molar-refractivity contribution in [2.24, 2.45) is 5.41 Å². The summed E-state index contributed by atoms with van der Waals surface area (Å²) in [5.41, 5.74) is -0.0176. The van der Waals surface area contributed by atoms with Crippen molar-refractivity contribution >= 4 is 12.0 Å². The highest BCUT2D eigenvalue weighted by atomic mass is 16.4. The second-order valence-electron chi connectivity index (χ2n) is 5.54. The summed E-state index contributed by atoms with van der Waals surface area (Å²) < 4.78 is 0. The molecule has 0 radical (unpaired) electrons. The van der Waals surface area contributed by atoms with Crippen LogP contribution in [0.3, 0.4) is 0 Å². The number of likely N-dealkylation sites (tertiary alicyclic amines) is 1. The van der Waals surface area contributed by atoms with Crippen LogP contribution in [0.25, 0.3) is 0 Å². The van der Waals surface area contributed by atoms with Crippen molar-refractivity contribution in [3.8, 4) is 0 Å². The third-order valence-corrected chi connectivity index (χ3v) is 4.24. The molecule has 1 saturated heterocycles. The highest BCUT2D eigenvalue weighted by molar-refractivity contribution is 5.79. The Labute approximate surface area is 124 Å². The van der Waals surface area contributed by atoms with Gasteiger partial charge in [0.2, 0.25) is 0 Å². The van der Waals surface area contributed by atoms with Gasteiger partial charge in [-0.2, -0.15) is 0 Å². The number of aliphatic carboxylic acids is 1.